The summed E-state index contributed by atoms with van der Waals surface area (Å²) in [6.07, 6.45) is 1.32. The molecular weight excluding hydrogens is 485 g/mol. The smallest absolute Gasteiger partial charge is 0.328 e. The lowest BCUT2D eigenvalue weighted by molar-refractivity contribution is -0.146. The Kier molecular flexibility index (Phi) is 6.78. The Hall–Kier alpha value is -2.49. The highest BCUT2D eigenvalue weighted by Gasteiger charge is 2.60. The molecule has 0 spiro atoms. The number of cyclic esters (lactones) is 1. The minimum Gasteiger partial charge on any atom is -1.00 e. The van der Waals surface area contributed by atoms with Crippen molar-refractivity contribution in [1.82, 2.24) is 4.90 Å². The lowest BCUT2D eigenvalue weighted by Gasteiger charge is -2.32. The molecule has 0 bridgehead atoms. The lowest BCUT2D eigenvalue weighted by atomic mass is 10.2. The van der Waals surface area contributed by atoms with E-state index in [4.69, 9.17) is 4.74 Å². The molecule has 32 heavy (non-hydrogen) atoms. The van der Waals surface area contributed by atoms with Crippen LogP contribution in [0.25, 0.3) is 0 Å². The highest BCUT2D eigenvalue weighted by atomic mass is 79.9. The van der Waals surface area contributed by atoms with Crippen molar-refractivity contribution >= 4 is 35.1 Å². The third-order valence-corrected chi connectivity index (χ3v) is 11.2. The zero-order valence-corrected chi connectivity index (χ0v) is 20.1. The number of amides is 1. The van der Waals surface area contributed by atoms with Crippen LogP contribution in [0.1, 0.15) is 12.8 Å². The van der Waals surface area contributed by atoms with Gasteiger partial charge in [0.15, 0.2) is 5.66 Å². The number of likely N-dealkylation sites (tertiary alicyclic amines) is 1. The SMILES string of the molecule is O=C1OCCC1N1CCC([P+](c2ccccc2)(c2ccccc2)c2ccccc2)C1=O.[Br-]. The summed E-state index contributed by atoms with van der Waals surface area (Å²) in [5, 5.41) is 3.59. The molecule has 4 nitrogen and oxygen atoms in total. The maximum absolute atomic E-state index is 14.0. The molecule has 2 heterocycles. The summed E-state index contributed by atoms with van der Waals surface area (Å²) < 4.78 is 5.18. The van der Waals surface area contributed by atoms with E-state index in [2.05, 4.69) is 72.8 Å². The fourth-order valence-electron chi connectivity index (χ4n) is 5.10. The van der Waals surface area contributed by atoms with Crippen LogP contribution in [0.4, 0.5) is 0 Å². The van der Waals surface area contributed by atoms with E-state index in [9.17, 15) is 9.59 Å². The van der Waals surface area contributed by atoms with Crippen LogP contribution >= 0.6 is 7.26 Å². The molecule has 0 radical (unpaired) electrons. The van der Waals surface area contributed by atoms with Crippen LogP contribution in [0.3, 0.4) is 0 Å². The van der Waals surface area contributed by atoms with Crippen molar-refractivity contribution in [3.63, 3.8) is 0 Å². The number of esters is 1. The van der Waals surface area contributed by atoms with Crippen molar-refractivity contribution in [2.45, 2.75) is 24.5 Å². The van der Waals surface area contributed by atoms with E-state index in [1.807, 2.05) is 18.2 Å². The zero-order chi connectivity index (χ0) is 21.3. The fourth-order valence-corrected chi connectivity index (χ4v) is 9.98. The van der Waals surface area contributed by atoms with Crippen LogP contribution in [-0.4, -0.2) is 41.6 Å². The molecule has 164 valence electrons. The van der Waals surface area contributed by atoms with Crippen molar-refractivity contribution in [2.24, 2.45) is 0 Å². The van der Waals surface area contributed by atoms with Crippen LogP contribution in [0.15, 0.2) is 91.0 Å². The van der Waals surface area contributed by atoms with Gasteiger partial charge in [0, 0.05) is 19.4 Å². The average molecular weight is 510 g/mol. The molecule has 3 aromatic carbocycles. The summed E-state index contributed by atoms with van der Waals surface area (Å²) in [7, 11) is -2.30. The van der Waals surface area contributed by atoms with Crippen molar-refractivity contribution < 1.29 is 31.3 Å². The second kappa shape index (κ2) is 9.56. The van der Waals surface area contributed by atoms with Gasteiger partial charge in [-0.05, 0) is 36.4 Å². The van der Waals surface area contributed by atoms with Gasteiger partial charge in [0.2, 0.25) is 0 Å². The highest BCUT2D eigenvalue weighted by molar-refractivity contribution is 7.96. The standard InChI is InChI=1S/C26H25NO3P.BrH/c28-25-24(16-18-27(25)23-17-19-30-26(23)29)31(20-10-4-1-5-11-20,21-12-6-2-7-13-21)22-14-8-3-9-15-22;/h1-15,23-24H,16-19H2;1H/q+1;/p-1. The van der Waals surface area contributed by atoms with E-state index in [0.29, 0.717) is 19.6 Å². The van der Waals surface area contributed by atoms with Crippen LogP contribution < -0.4 is 32.9 Å². The first kappa shape index (κ1) is 22.7. The first-order valence-electron chi connectivity index (χ1n) is 10.8. The Morgan fingerprint density at radius 1 is 0.719 bits per heavy atom. The first-order valence-corrected chi connectivity index (χ1v) is 12.6. The molecule has 0 saturated carbocycles. The van der Waals surface area contributed by atoms with Gasteiger partial charge >= 0.3 is 5.97 Å². The Bertz CT molecular complexity index is 981. The van der Waals surface area contributed by atoms with E-state index in [1.54, 1.807) is 4.90 Å². The van der Waals surface area contributed by atoms with Gasteiger partial charge in [-0.2, -0.15) is 0 Å². The molecule has 2 aliphatic rings. The van der Waals surface area contributed by atoms with Gasteiger partial charge in [0.25, 0.3) is 5.91 Å². The number of ether oxygens (including phenoxy) is 1. The molecule has 3 aromatic rings. The normalized spacial score (nSPS) is 20.7. The van der Waals surface area contributed by atoms with E-state index < -0.39 is 13.3 Å². The highest BCUT2D eigenvalue weighted by Crippen LogP contribution is 2.62. The third-order valence-electron chi connectivity index (χ3n) is 6.45. The Labute approximate surface area is 199 Å². The summed E-state index contributed by atoms with van der Waals surface area (Å²) in [5.41, 5.74) is -0.201. The first-order chi connectivity index (χ1) is 15.2. The molecule has 0 aliphatic carbocycles. The summed E-state index contributed by atoms with van der Waals surface area (Å²) in [6, 6.07) is 30.9. The number of hydrogen-bond donors (Lipinski definition) is 0. The van der Waals surface area contributed by atoms with Crippen molar-refractivity contribution in [3.8, 4) is 0 Å². The fraction of sp³-hybridized carbons (Fsp3) is 0.231. The molecule has 0 N–H and O–H groups in total. The van der Waals surface area contributed by atoms with Crippen molar-refractivity contribution in [3.05, 3.63) is 91.0 Å². The van der Waals surface area contributed by atoms with Gasteiger partial charge in [-0.15, -0.1) is 0 Å². The number of carbonyl (C=O) groups excluding carboxylic acids is 2. The van der Waals surface area contributed by atoms with Crippen molar-refractivity contribution in [2.75, 3.05) is 13.2 Å². The molecule has 1 amide bonds. The minimum absolute atomic E-state index is 0. The lowest BCUT2D eigenvalue weighted by Crippen LogP contribution is -3.00. The molecule has 2 saturated heterocycles. The largest absolute Gasteiger partial charge is 1.00 e. The quantitative estimate of drug-likeness (QED) is 0.356. The number of benzene rings is 3. The van der Waals surface area contributed by atoms with Gasteiger partial charge in [0.1, 0.15) is 29.2 Å². The second-order valence-electron chi connectivity index (χ2n) is 8.04. The molecular formula is C26H25BrNO3P. The molecule has 2 fully saturated rings. The number of halogens is 1. The summed E-state index contributed by atoms with van der Waals surface area (Å²) in [4.78, 5) is 28.0. The molecule has 0 aromatic heterocycles. The topological polar surface area (TPSA) is 46.6 Å². The van der Waals surface area contributed by atoms with E-state index >= 15 is 0 Å². The number of hydrogen-bond acceptors (Lipinski definition) is 3. The average Bonchev–Trinajstić information content (AvgIpc) is 3.42. The van der Waals surface area contributed by atoms with Gasteiger partial charge < -0.3 is 26.6 Å². The number of rotatable bonds is 5. The van der Waals surface area contributed by atoms with Crippen LogP contribution in [0, 0.1) is 0 Å². The van der Waals surface area contributed by atoms with Crippen LogP contribution in [0.5, 0.6) is 0 Å². The Morgan fingerprint density at radius 2 is 1.19 bits per heavy atom. The zero-order valence-electron chi connectivity index (χ0n) is 17.6. The second-order valence-corrected chi connectivity index (χ2v) is 11.7. The molecule has 5 rings (SSSR count). The van der Waals surface area contributed by atoms with Crippen molar-refractivity contribution in [1.29, 1.82) is 0 Å². The van der Waals surface area contributed by atoms with Gasteiger partial charge in [-0.3, -0.25) is 4.79 Å². The number of nitrogens with zero attached hydrogens (tertiary/aromatic N) is 1. The predicted molar refractivity (Wildman–Crippen MR) is 125 cm³/mol. The summed E-state index contributed by atoms with van der Waals surface area (Å²) in [5.74, 6) is -0.189. The van der Waals surface area contributed by atoms with Gasteiger partial charge in [-0.25, -0.2) is 4.79 Å². The van der Waals surface area contributed by atoms with E-state index in [0.717, 1.165) is 6.42 Å². The van der Waals surface area contributed by atoms with Gasteiger partial charge in [0.05, 0.1) is 6.61 Å². The molecule has 2 aliphatic heterocycles. The number of carbonyl (C=O) groups is 2. The predicted octanol–water partition coefficient (Wildman–Crippen LogP) is -0.0991. The Morgan fingerprint density at radius 3 is 1.59 bits per heavy atom. The minimum atomic E-state index is -2.30. The molecule has 2 atom stereocenters. The van der Waals surface area contributed by atoms with Crippen LogP contribution in [0.2, 0.25) is 0 Å². The third kappa shape index (κ3) is 3.68. The molecule has 6 heteroatoms. The van der Waals surface area contributed by atoms with Gasteiger partial charge in [-0.1, -0.05) is 54.6 Å². The van der Waals surface area contributed by atoms with E-state index in [1.165, 1.54) is 15.9 Å². The molecule has 2 unspecified atom stereocenters. The summed E-state index contributed by atoms with van der Waals surface area (Å²) >= 11 is 0. The summed E-state index contributed by atoms with van der Waals surface area (Å²) in [6.45, 7) is 0.992. The Balaban J connectivity index is 0.00000245. The monoisotopic (exact) mass is 509 g/mol. The maximum atomic E-state index is 14.0. The maximum Gasteiger partial charge on any atom is 0.328 e. The van der Waals surface area contributed by atoms with Crippen LogP contribution in [-0.2, 0) is 14.3 Å². The van der Waals surface area contributed by atoms with E-state index in [-0.39, 0.29) is 34.5 Å².